The van der Waals surface area contributed by atoms with E-state index in [4.69, 9.17) is 9.47 Å². The molecular formula is C19H14N2O5. The number of nitro groups is 1. The predicted octanol–water partition coefficient (Wildman–Crippen LogP) is 3.50. The number of allylic oxidation sites excluding steroid dienone is 2. The third kappa shape index (κ3) is 3.67. The highest BCUT2D eigenvalue weighted by Gasteiger charge is 2.24. The molecule has 0 fully saturated rings. The number of carbonyl (C=O) groups excluding carboxylic acids is 1. The van der Waals surface area contributed by atoms with Gasteiger partial charge in [-0.05, 0) is 18.2 Å². The molecular weight excluding hydrogens is 336 g/mol. The summed E-state index contributed by atoms with van der Waals surface area (Å²) in [5.41, 5.74) is 1.22. The minimum Gasteiger partial charge on any atom is -0.496 e. The molecule has 0 bridgehead atoms. The molecule has 130 valence electrons. The van der Waals surface area contributed by atoms with E-state index >= 15 is 0 Å². The van der Waals surface area contributed by atoms with Gasteiger partial charge in [-0.2, -0.15) is 0 Å². The fraction of sp³-hybridized carbons (Fsp3) is 0.0526. The van der Waals surface area contributed by atoms with Crippen molar-refractivity contribution in [3.05, 3.63) is 87.6 Å². The Hall–Kier alpha value is -3.74. The molecule has 7 heteroatoms. The molecule has 0 aliphatic carbocycles. The third-order valence-electron chi connectivity index (χ3n) is 3.59. The molecule has 2 aromatic rings. The average Bonchev–Trinajstić information content (AvgIpc) is 3.03. The molecule has 0 amide bonds. The number of hydrogen-bond acceptors (Lipinski definition) is 6. The van der Waals surface area contributed by atoms with Gasteiger partial charge in [-0.15, -0.1) is 0 Å². The van der Waals surface area contributed by atoms with Crippen molar-refractivity contribution in [1.82, 2.24) is 0 Å². The molecule has 0 saturated heterocycles. The lowest BCUT2D eigenvalue weighted by Gasteiger charge is -2.02. The van der Waals surface area contributed by atoms with Crippen LogP contribution in [0.5, 0.6) is 5.75 Å². The van der Waals surface area contributed by atoms with Gasteiger partial charge in [0, 0.05) is 23.3 Å². The van der Waals surface area contributed by atoms with Gasteiger partial charge < -0.3 is 9.47 Å². The molecule has 3 rings (SSSR count). The number of hydrogen-bond donors (Lipinski definition) is 0. The molecule has 0 unspecified atom stereocenters. The summed E-state index contributed by atoms with van der Waals surface area (Å²) in [5, 5.41) is 10.9. The first-order valence-corrected chi connectivity index (χ1v) is 7.65. The van der Waals surface area contributed by atoms with Crippen LogP contribution in [0.25, 0.3) is 6.08 Å². The van der Waals surface area contributed by atoms with Crippen LogP contribution in [0.2, 0.25) is 0 Å². The number of nitrogens with zero attached hydrogens (tertiary/aromatic N) is 2. The highest BCUT2D eigenvalue weighted by Crippen LogP contribution is 2.21. The molecule has 0 saturated carbocycles. The second-order valence-corrected chi connectivity index (χ2v) is 5.27. The predicted molar refractivity (Wildman–Crippen MR) is 95.8 cm³/mol. The lowest BCUT2D eigenvalue weighted by molar-refractivity contribution is -0.384. The number of non-ortho nitro benzene ring substituents is 1. The average molecular weight is 350 g/mol. The van der Waals surface area contributed by atoms with Gasteiger partial charge in [0.2, 0.25) is 5.90 Å². The molecule has 0 spiro atoms. The SMILES string of the molecule is COc1ccccc1/C=C/C=C1/N=C(c2cccc([N+](=O)[O-])c2)OC1=O. The lowest BCUT2D eigenvalue weighted by Crippen LogP contribution is -2.05. The first-order valence-electron chi connectivity index (χ1n) is 7.65. The number of methoxy groups -OCH3 is 1. The van der Waals surface area contributed by atoms with Crippen LogP contribution in [0.3, 0.4) is 0 Å². The van der Waals surface area contributed by atoms with E-state index in [2.05, 4.69) is 4.99 Å². The van der Waals surface area contributed by atoms with Gasteiger partial charge in [-0.25, -0.2) is 9.79 Å². The Balaban J connectivity index is 1.84. The molecule has 0 radical (unpaired) electrons. The maximum absolute atomic E-state index is 11.9. The van der Waals surface area contributed by atoms with E-state index in [9.17, 15) is 14.9 Å². The Labute approximate surface area is 149 Å². The van der Waals surface area contributed by atoms with Gasteiger partial charge in [0.15, 0.2) is 5.70 Å². The number of para-hydroxylation sites is 1. The summed E-state index contributed by atoms with van der Waals surface area (Å²) in [5.74, 6) is 0.128. The Morgan fingerprint density at radius 3 is 2.77 bits per heavy atom. The van der Waals surface area contributed by atoms with Gasteiger partial charge >= 0.3 is 5.97 Å². The smallest absolute Gasteiger partial charge is 0.363 e. The second-order valence-electron chi connectivity index (χ2n) is 5.27. The fourth-order valence-electron chi connectivity index (χ4n) is 2.35. The molecule has 7 nitrogen and oxygen atoms in total. The second kappa shape index (κ2) is 7.43. The third-order valence-corrected chi connectivity index (χ3v) is 3.59. The van der Waals surface area contributed by atoms with Crippen molar-refractivity contribution in [3.8, 4) is 5.75 Å². The lowest BCUT2D eigenvalue weighted by atomic mass is 10.2. The maximum Gasteiger partial charge on any atom is 0.363 e. The van der Waals surface area contributed by atoms with Gasteiger partial charge in [-0.1, -0.05) is 36.4 Å². The van der Waals surface area contributed by atoms with Crippen LogP contribution in [-0.2, 0) is 9.53 Å². The van der Waals surface area contributed by atoms with Crippen molar-refractivity contribution in [2.45, 2.75) is 0 Å². The number of cyclic esters (lactones) is 1. The van der Waals surface area contributed by atoms with Gasteiger partial charge in [-0.3, -0.25) is 10.1 Å². The van der Waals surface area contributed by atoms with E-state index < -0.39 is 10.9 Å². The monoisotopic (exact) mass is 350 g/mol. The van der Waals surface area contributed by atoms with Crippen molar-refractivity contribution < 1.29 is 19.2 Å². The van der Waals surface area contributed by atoms with E-state index in [1.807, 2.05) is 24.3 Å². The molecule has 26 heavy (non-hydrogen) atoms. The molecule has 1 aliphatic heterocycles. The Morgan fingerprint density at radius 2 is 2.00 bits per heavy atom. The Morgan fingerprint density at radius 1 is 1.19 bits per heavy atom. The van der Waals surface area contributed by atoms with E-state index in [-0.39, 0.29) is 17.3 Å². The van der Waals surface area contributed by atoms with Crippen molar-refractivity contribution in [2.75, 3.05) is 7.11 Å². The van der Waals surface area contributed by atoms with Crippen LogP contribution in [0, 0.1) is 10.1 Å². The fourth-order valence-corrected chi connectivity index (χ4v) is 2.35. The summed E-state index contributed by atoms with van der Waals surface area (Å²) in [6, 6.07) is 13.2. The molecule has 1 aliphatic rings. The molecule has 0 aromatic heterocycles. The number of esters is 1. The van der Waals surface area contributed by atoms with Crippen LogP contribution < -0.4 is 4.74 Å². The number of aliphatic imine (C=N–C) groups is 1. The summed E-state index contributed by atoms with van der Waals surface area (Å²) < 4.78 is 10.4. The largest absolute Gasteiger partial charge is 0.496 e. The van der Waals surface area contributed by atoms with Crippen molar-refractivity contribution in [1.29, 1.82) is 0 Å². The topological polar surface area (TPSA) is 91.0 Å². The number of carbonyl (C=O) groups is 1. The van der Waals surface area contributed by atoms with Crippen molar-refractivity contribution in [2.24, 2.45) is 4.99 Å². The van der Waals surface area contributed by atoms with E-state index in [0.29, 0.717) is 11.3 Å². The highest BCUT2D eigenvalue weighted by atomic mass is 16.6. The van der Waals surface area contributed by atoms with Gasteiger partial charge in [0.05, 0.1) is 12.0 Å². The minimum atomic E-state index is -0.615. The first-order chi connectivity index (χ1) is 12.6. The molecule has 1 heterocycles. The zero-order valence-electron chi connectivity index (χ0n) is 13.8. The summed E-state index contributed by atoms with van der Waals surface area (Å²) in [6.45, 7) is 0. The number of ether oxygens (including phenoxy) is 2. The quantitative estimate of drug-likeness (QED) is 0.356. The molecule has 0 atom stereocenters. The number of rotatable bonds is 5. The van der Waals surface area contributed by atoms with Crippen LogP contribution in [0.1, 0.15) is 11.1 Å². The first kappa shape index (κ1) is 17.1. The highest BCUT2D eigenvalue weighted by molar-refractivity contribution is 6.11. The van der Waals surface area contributed by atoms with Crippen LogP contribution in [-0.4, -0.2) is 23.9 Å². The van der Waals surface area contributed by atoms with Crippen molar-refractivity contribution in [3.63, 3.8) is 0 Å². The summed E-state index contributed by atoms with van der Waals surface area (Å²) in [4.78, 5) is 26.4. The summed E-state index contributed by atoms with van der Waals surface area (Å²) >= 11 is 0. The van der Waals surface area contributed by atoms with Gasteiger partial charge in [0.1, 0.15) is 5.75 Å². The van der Waals surface area contributed by atoms with Crippen molar-refractivity contribution >= 4 is 23.6 Å². The summed E-state index contributed by atoms with van der Waals surface area (Å²) in [7, 11) is 1.58. The van der Waals surface area contributed by atoms with Gasteiger partial charge in [0.25, 0.3) is 5.69 Å². The Kier molecular flexibility index (Phi) is 4.89. The van der Waals surface area contributed by atoms with E-state index in [1.54, 1.807) is 25.3 Å². The van der Waals surface area contributed by atoms with Crippen LogP contribution in [0.15, 0.2) is 71.4 Å². The van der Waals surface area contributed by atoms with Crippen LogP contribution >= 0.6 is 0 Å². The number of nitro benzene ring substituents is 1. The van der Waals surface area contributed by atoms with E-state index in [1.165, 1.54) is 24.3 Å². The Bertz CT molecular complexity index is 960. The standard InChI is InChI=1S/C19H14N2O5/c1-25-17-11-3-2-6-13(17)7-5-10-16-19(22)26-18(20-16)14-8-4-9-15(12-14)21(23)24/h2-12H,1H3/b7-5+,16-10+. The molecule has 2 aromatic carbocycles. The zero-order valence-corrected chi connectivity index (χ0v) is 13.8. The maximum atomic E-state index is 11.9. The normalized spacial score (nSPS) is 15.2. The summed E-state index contributed by atoms with van der Waals surface area (Å²) in [6.07, 6.45) is 4.95. The molecule has 0 N–H and O–H groups in total. The zero-order chi connectivity index (χ0) is 18.5. The van der Waals surface area contributed by atoms with E-state index in [0.717, 1.165) is 5.56 Å². The van der Waals surface area contributed by atoms with Crippen LogP contribution in [0.4, 0.5) is 5.69 Å². The number of benzene rings is 2. The minimum absolute atomic E-state index is 0.0376.